The first kappa shape index (κ1) is 14.9. The average Bonchev–Trinajstić information content (AvgIpc) is 2.38. The molecule has 0 aliphatic carbocycles. The van der Waals surface area contributed by atoms with Crippen LogP contribution < -0.4 is 10.6 Å². The molecule has 104 valence electrons. The van der Waals surface area contributed by atoms with Gasteiger partial charge in [-0.2, -0.15) is 0 Å². The van der Waals surface area contributed by atoms with Gasteiger partial charge in [-0.15, -0.1) is 0 Å². The van der Waals surface area contributed by atoms with Crippen LogP contribution in [0.15, 0.2) is 45.3 Å². The van der Waals surface area contributed by atoms with Crippen LogP contribution in [0.1, 0.15) is 5.56 Å². The molecule has 0 atom stereocenters. The molecule has 6 heteroatoms. The van der Waals surface area contributed by atoms with Crippen molar-refractivity contribution in [3.63, 3.8) is 0 Å². The Bertz CT molecular complexity index is 636. The van der Waals surface area contributed by atoms with Crippen molar-refractivity contribution < 1.29 is 9.90 Å². The molecule has 2 aromatic carbocycles. The fourth-order valence-electron chi connectivity index (χ4n) is 1.64. The quantitative estimate of drug-likeness (QED) is 0.631. The molecule has 0 aromatic heterocycles. The highest BCUT2D eigenvalue weighted by molar-refractivity contribution is 9.11. The van der Waals surface area contributed by atoms with E-state index in [9.17, 15) is 9.90 Å². The van der Waals surface area contributed by atoms with E-state index in [1.807, 2.05) is 31.2 Å². The number of para-hydroxylation sites is 1. The molecule has 2 rings (SSSR count). The monoisotopic (exact) mass is 398 g/mol. The third kappa shape index (κ3) is 3.52. The molecule has 0 heterocycles. The van der Waals surface area contributed by atoms with Gasteiger partial charge in [-0.3, -0.25) is 0 Å². The molecule has 4 nitrogen and oxygen atoms in total. The number of halogens is 2. The molecule has 0 fully saturated rings. The molecule has 0 bridgehead atoms. The molecule has 2 aromatic rings. The van der Waals surface area contributed by atoms with Crippen LogP contribution in [0.25, 0.3) is 0 Å². The van der Waals surface area contributed by atoms with Crippen molar-refractivity contribution in [3.8, 4) is 5.75 Å². The van der Waals surface area contributed by atoms with E-state index in [-0.39, 0.29) is 11.8 Å². The lowest BCUT2D eigenvalue weighted by atomic mass is 10.2. The smallest absolute Gasteiger partial charge is 0.323 e. The van der Waals surface area contributed by atoms with Crippen LogP contribution in [-0.4, -0.2) is 11.1 Å². The molecule has 3 N–H and O–H groups in total. The Morgan fingerprint density at radius 2 is 1.70 bits per heavy atom. The predicted octanol–water partition coefficient (Wildman–Crippen LogP) is 4.87. The second kappa shape index (κ2) is 6.28. The Hall–Kier alpha value is -1.53. The number of phenols is 1. The topological polar surface area (TPSA) is 61.4 Å². The summed E-state index contributed by atoms with van der Waals surface area (Å²) in [6.45, 7) is 1.92. The number of hydrogen-bond acceptors (Lipinski definition) is 2. The zero-order valence-corrected chi connectivity index (χ0v) is 13.7. The van der Waals surface area contributed by atoms with E-state index >= 15 is 0 Å². The molecular weight excluding hydrogens is 388 g/mol. The summed E-state index contributed by atoms with van der Waals surface area (Å²) in [5.41, 5.74) is 2.30. The van der Waals surface area contributed by atoms with Gasteiger partial charge in [-0.05, 0) is 62.5 Å². The number of rotatable bonds is 2. The maximum atomic E-state index is 11.9. The number of carbonyl (C=O) groups is 1. The zero-order valence-electron chi connectivity index (χ0n) is 10.6. The van der Waals surface area contributed by atoms with Crippen LogP contribution in [-0.2, 0) is 0 Å². The molecule has 0 saturated heterocycles. The van der Waals surface area contributed by atoms with Crippen molar-refractivity contribution in [1.29, 1.82) is 0 Å². The van der Waals surface area contributed by atoms with Gasteiger partial charge in [0.25, 0.3) is 0 Å². The molecule has 2 amide bonds. The number of carbonyl (C=O) groups excluding carboxylic acids is 1. The summed E-state index contributed by atoms with van der Waals surface area (Å²) >= 11 is 6.43. The lowest BCUT2D eigenvalue weighted by Gasteiger charge is -2.11. The fourth-order valence-corrected chi connectivity index (χ4v) is 2.82. The van der Waals surface area contributed by atoms with Gasteiger partial charge in [0.05, 0.1) is 8.95 Å². The van der Waals surface area contributed by atoms with Gasteiger partial charge in [0.1, 0.15) is 5.75 Å². The number of anilines is 2. The zero-order chi connectivity index (χ0) is 14.7. The summed E-state index contributed by atoms with van der Waals surface area (Å²) in [7, 11) is 0. The van der Waals surface area contributed by atoms with Gasteiger partial charge < -0.3 is 15.7 Å². The molecule has 0 radical (unpaired) electrons. The van der Waals surface area contributed by atoms with E-state index in [0.717, 1.165) is 11.3 Å². The molecule has 0 saturated carbocycles. The van der Waals surface area contributed by atoms with Crippen molar-refractivity contribution >= 4 is 49.3 Å². The molecule has 0 unspecified atom stereocenters. The standard InChI is InChI=1S/C14H12Br2N2O2/c1-8-4-2-3-5-12(8)18-14(20)17-9-6-10(15)13(19)11(16)7-9/h2-7,19H,1H3,(H2,17,18,20). The number of benzene rings is 2. The highest BCUT2D eigenvalue weighted by atomic mass is 79.9. The van der Waals surface area contributed by atoms with Crippen molar-refractivity contribution in [1.82, 2.24) is 0 Å². The lowest BCUT2D eigenvalue weighted by molar-refractivity contribution is 0.262. The predicted molar refractivity (Wildman–Crippen MR) is 87.3 cm³/mol. The second-order valence-electron chi connectivity index (χ2n) is 4.18. The third-order valence-electron chi connectivity index (χ3n) is 2.67. The highest BCUT2D eigenvalue weighted by Gasteiger charge is 2.09. The first-order chi connectivity index (χ1) is 9.47. The van der Waals surface area contributed by atoms with Gasteiger partial charge in [-0.1, -0.05) is 18.2 Å². The summed E-state index contributed by atoms with van der Waals surface area (Å²) in [5, 5.41) is 15.1. The molecule has 0 aliphatic heterocycles. The van der Waals surface area contributed by atoms with E-state index in [1.165, 1.54) is 0 Å². The Morgan fingerprint density at radius 1 is 1.10 bits per heavy atom. The minimum Gasteiger partial charge on any atom is -0.506 e. The third-order valence-corrected chi connectivity index (χ3v) is 3.88. The largest absolute Gasteiger partial charge is 0.506 e. The van der Waals surface area contributed by atoms with Gasteiger partial charge in [0.2, 0.25) is 0 Å². The van der Waals surface area contributed by atoms with Gasteiger partial charge in [-0.25, -0.2) is 4.79 Å². The maximum Gasteiger partial charge on any atom is 0.323 e. The van der Waals surface area contributed by atoms with Crippen LogP contribution in [0.3, 0.4) is 0 Å². The highest BCUT2D eigenvalue weighted by Crippen LogP contribution is 2.35. The van der Waals surface area contributed by atoms with Gasteiger partial charge in [0, 0.05) is 11.4 Å². The Kier molecular flexibility index (Phi) is 4.67. The molecule has 0 spiro atoms. The second-order valence-corrected chi connectivity index (χ2v) is 5.89. The summed E-state index contributed by atoms with van der Waals surface area (Å²) < 4.78 is 0.996. The number of nitrogens with one attached hydrogen (secondary N) is 2. The Morgan fingerprint density at radius 3 is 2.30 bits per heavy atom. The van der Waals surface area contributed by atoms with Crippen LogP contribution in [0.5, 0.6) is 5.75 Å². The van der Waals surface area contributed by atoms with E-state index in [1.54, 1.807) is 12.1 Å². The minimum absolute atomic E-state index is 0.0925. The molecule has 0 aliphatic rings. The van der Waals surface area contributed by atoms with Crippen LogP contribution in [0.4, 0.5) is 16.2 Å². The number of hydrogen-bond donors (Lipinski definition) is 3. The number of phenolic OH excluding ortho intramolecular Hbond substituents is 1. The SMILES string of the molecule is Cc1ccccc1NC(=O)Nc1cc(Br)c(O)c(Br)c1. The number of aromatic hydroxyl groups is 1. The van der Waals surface area contributed by atoms with Gasteiger partial charge >= 0.3 is 6.03 Å². The number of urea groups is 1. The molecular formula is C14H12Br2N2O2. The maximum absolute atomic E-state index is 11.9. The van der Waals surface area contributed by atoms with E-state index in [0.29, 0.717) is 14.6 Å². The first-order valence-corrected chi connectivity index (χ1v) is 7.37. The van der Waals surface area contributed by atoms with E-state index in [4.69, 9.17) is 0 Å². The normalized spacial score (nSPS) is 10.2. The fraction of sp³-hybridized carbons (Fsp3) is 0.0714. The Labute approximate surface area is 133 Å². The van der Waals surface area contributed by atoms with Crippen molar-refractivity contribution in [2.45, 2.75) is 6.92 Å². The lowest BCUT2D eigenvalue weighted by Crippen LogP contribution is -2.19. The average molecular weight is 400 g/mol. The van der Waals surface area contributed by atoms with Crippen LogP contribution >= 0.6 is 31.9 Å². The van der Waals surface area contributed by atoms with Crippen molar-refractivity contribution in [2.75, 3.05) is 10.6 Å². The summed E-state index contributed by atoms with van der Waals surface area (Å²) in [6.07, 6.45) is 0. The van der Waals surface area contributed by atoms with Crippen molar-refractivity contribution in [2.24, 2.45) is 0 Å². The number of amides is 2. The summed E-state index contributed by atoms with van der Waals surface area (Å²) in [6, 6.07) is 10.4. The first-order valence-electron chi connectivity index (χ1n) is 5.79. The summed E-state index contributed by atoms with van der Waals surface area (Å²) in [5.74, 6) is 0.0925. The number of aryl methyl sites for hydroxylation is 1. The summed E-state index contributed by atoms with van der Waals surface area (Å²) in [4.78, 5) is 11.9. The van der Waals surface area contributed by atoms with Crippen LogP contribution in [0.2, 0.25) is 0 Å². The van der Waals surface area contributed by atoms with Crippen LogP contribution in [0, 0.1) is 6.92 Å². The Balaban J connectivity index is 2.11. The minimum atomic E-state index is -0.344. The van der Waals surface area contributed by atoms with E-state index in [2.05, 4.69) is 42.5 Å². The molecule has 20 heavy (non-hydrogen) atoms. The van der Waals surface area contributed by atoms with Crippen molar-refractivity contribution in [3.05, 3.63) is 50.9 Å². The van der Waals surface area contributed by atoms with E-state index < -0.39 is 0 Å². The van der Waals surface area contributed by atoms with Gasteiger partial charge in [0.15, 0.2) is 0 Å².